The lowest BCUT2D eigenvalue weighted by Gasteiger charge is -2.34. The summed E-state index contributed by atoms with van der Waals surface area (Å²) in [4.78, 5) is 18.3. The minimum absolute atomic E-state index is 0. The molecule has 0 saturated carbocycles. The Morgan fingerprint density at radius 3 is 2.02 bits per heavy atom. The maximum atomic E-state index is 13.6. The fourth-order valence-electron chi connectivity index (χ4n) is 5.92. The minimum atomic E-state index is -3.24. The summed E-state index contributed by atoms with van der Waals surface area (Å²) in [5.74, 6) is 0.512. The fourth-order valence-corrected chi connectivity index (χ4v) is 7.85. The van der Waals surface area contributed by atoms with Gasteiger partial charge < -0.3 is 9.80 Å². The lowest BCUT2D eigenvalue weighted by Crippen LogP contribution is -2.45. The maximum absolute atomic E-state index is 13.6. The van der Waals surface area contributed by atoms with E-state index < -0.39 is 25.1 Å². The summed E-state index contributed by atoms with van der Waals surface area (Å²) in [6, 6.07) is 17.2. The zero-order valence-corrected chi connectivity index (χ0v) is 27.5. The molecule has 8 nitrogen and oxygen atoms in total. The van der Waals surface area contributed by atoms with E-state index in [9.17, 15) is 21.6 Å². The van der Waals surface area contributed by atoms with Gasteiger partial charge in [0.05, 0.1) is 16.4 Å². The molecular formula is C31H46ClN3O5S2. The highest BCUT2D eigenvalue weighted by atomic mass is 35.5. The lowest BCUT2D eigenvalue weighted by atomic mass is 9.90. The summed E-state index contributed by atoms with van der Waals surface area (Å²) in [6.07, 6.45) is 6.38. The van der Waals surface area contributed by atoms with Crippen LogP contribution in [0.3, 0.4) is 0 Å². The summed E-state index contributed by atoms with van der Waals surface area (Å²) in [5, 5.41) is -0.421. The monoisotopic (exact) mass is 639 g/mol. The van der Waals surface area contributed by atoms with E-state index in [-0.39, 0.29) is 24.2 Å². The van der Waals surface area contributed by atoms with Crippen LogP contribution in [0, 0.1) is 11.8 Å². The molecule has 4 rings (SSSR count). The molecule has 0 N–H and O–H groups in total. The Bertz CT molecular complexity index is 1350. The number of piperidine rings is 2. The molecule has 2 aromatic rings. The average Bonchev–Trinajstić information content (AvgIpc) is 2.96. The molecule has 2 saturated heterocycles. The molecule has 2 heterocycles. The Balaban J connectivity index is 0.00000484. The molecule has 42 heavy (non-hydrogen) atoms. The third-order valence-electron chi connectivity index (χ3n) is 8.57. The highest BCUT2D eigenvalue weighted by Gasteiger charge is 2.32. The van der Waals surface area contributed by atoms with Gasteiger partial charge in [0.15, 0.2) is 9.84 Å². The first-order valence-corrected chi connectivity index (χ1v) is 18.2. The Labute approximate surface area is 258 Å². The standard InChI is InChI=1S/C31H45N3O5S2.ClH/c1-25(2)41(38,39)30-12-10-26(11-13-30)24-27-14-20-32(21-15-27)18-7-19-34(29-8-5-4-6-9-29)31(35)28-16-22-33(23-17-28)40(3,36)37;/h4-6,8-13,25,27-28H,7,14-24H2,1-3H3;1H. The van der Waals surface area contributed by atoms with Crippen molar-refractivity contribution < 1.29 is 21.6 Å². The van der Waals surface area contributed by atoms with Crippen molar-refractivity contribution in [3.05, 3.63) is 60.2 Å². The first-order chi connectivity index (χ1) is 19.4. The molecule has 234 valence electrons. The van der Waals surface area contributed by atoms with Crippen LogP contribution in [0.15, 0.2) is 59.5 Å². The molecule has 0 aromatic heterocycles. The van der Waals surface area contributed by atoms with Gasteiger partial charge in [0.25, 0.3) is 0 Å². The zero-order valence-electron chi connectivity index (χ0n) is 25.0. The van der Waals surface area contributed by atoms with Crippen LogP contribution >= 0.6 is 12.4 Å². The van der Waals surface area contributed by atoms with Gasteiger partial charge in [0.1, 0.15) is 0 Å². The SMILES string of the molecule is CC(C)S(=O)(=O)c1ccc(CC2CCN(CCCN(C(=O)C3CCN(S(C)(=O)=O)CC3)c3ccccc3)CC2)cc1.Cl. The van der Waals surface area contributed by atoms with Gasteiger partial charge >= 0.3 is 0 Å². The van der Waals surface area contributed by atoms with Crippen molar-refractivity contribution in [1.29, 1.82) is 0 Å². The smallest absolute Gasteiger partial charge is 0.230 e. The second kappa shape index (κ2) is 15.1. The van der Waals surface area contributed by atoms with E-state index in [0.717, 1.165) is 51.0 Å². The molecule has 0 bridgehead atoms. The predicted molar refractivity (Wildman–Crippen MR) is 171 cm³/mol. The highest BCUT2D eigenvalue weighted by molar-refractivity contribution is 7.92. The van der Waals surface area contributed by atoms with Crippen molar-refractivity contribution in [2.45, 2.75) is 62.5 Å². The van der Waals surface area contributed by atoms with Crippen LogP contribution in [0.25, 0.3) is 0 Å². The molecule has 2 aliphatic heterocycles. The van der Waals surface area contributed by atoms with Crippen molar-refractivity contribution in [1.82, 2.24) is 9.21 Å². The second-order valence-corrected chi connectivity index (χ2v) is 16.3. The number of likely N-dealkylation sites (tertiary alicyclic amines) is 1. The Morgan fingerprint density at radius 1 is 0.881 bits per heavy atom. The number of hydrogen-bond acceptors (Lipinski definition) is 6. The van der Waals surface area contributed by atoms with E-state index in [4.69, 9.17) is 0 Å². The van der Waals surface area contributed by atoms with Gasteiger partial charge in [-0.3, -0.25) is 4.79 Å². The molecule has 0 spiro atoms. The molecule has 2 aromatic carbocycles. The van der Waals surface area contributed by atoms with Crippen molar-refractivity contribution in [2.24, 2.45) is 11.8 Å². The van der Waals surface area contributed by atoms with Crippen LogP contribution in [-0.2, 0) is 31.1 Å². The number of carbonyl (C=O) groups is 1. The molecule has 2 aliphatic rings. The Morgan fingerprint density at radius 2 is 1.48 bits per heavy atom. The van der Waals surface area contributed by atoms with E-state index in [1.807, 2.05) is 47.4 Å². The number of halogens is 1. The van der Waals surface area contributed by atoms with Crippen LogP contribution in [0.1, 0.15) is 51.5 Å². The van der Waals surface area contributed by atoms with Crippen molar-refractivity contribution >= 4 is 43.9 Å². The van der Waals surface area contributed by atoms with Gasteiger partial charge in [0, 0.05) is 31.2 Å². The zero-order chi connectivity index (χ0) is 29.6. The highest BCUT2D eigenvalue weighted by Crippen LogP contribution is 2.26. The number of sulfonamides is 1. The van der Waals surface area contributed by atoms with Gasteiger partial charge in [-0.25, -0.2) is 21.1 Å². The van der Waals surface area contributed by atoms with Crippen LogP contribution in [0.2, 0.25) is 0 Å². The molecule has 11 heteroatoms. The van der Waals surface area contributed by atoms with Crippen LogP contribution in [0.5, 0.6) is 0 Å². The van der Waals surface area contributed by atoms with Crippen molar-refractivity contribution in [2.75, 3.05) is 50.4 Å². The summed E-state index contributed by atoms with van der Waals surface area (Å²) in [6.45, 7) is 7.82. The number of carbonyl (C=O) groups excluding carboxylic acids is 1. The molecule has 0 aliphatic carbocycles. The Hall–Kier alpha value is -1.98. The molecule has 2 fully saturated rings. The summed E-state index contributed by atoms with van der Waals surface area (Å²) in [5.41, 5.74) is 2.08. The van der Waals surface area contributed by atoms with E-state index >= 15 is 0 Å². The lowest BCUT2D eigenvalue weighted by molar-refractivity contribution is -0.123. The number of rotatable bonds is 11. The van der Waals surface area contributed by atoms with E-state index in [1.54, 1.807) is 26.0 Å². The maximum Gasteiger partial charge on any atom is 0.230 e. The predicted octanol–water partition coefficient (Wildman–Crippen LogP) is 4.64. The molecule has 1 amide bonds. The van der Waals surface area contributed by atoms with E-state index in [1.165, 1.54) is 16.1 Å². The number of benzene rings is 2. The van der Waals surface area contributed by atoms with Gasteiger partial charge in [-0.2, -0.15) is 0 Å². The van der Waals surface area contributed by atoms with Gasteiger partial charge in [-0.05, 0) is 108 Å². The van der Waals surface area contributed by atoms with Gasteiger partial charge in [-0.1, -0.05) is 30.3 Å². The molecule has 0 atom stereocenters. The number of hydrogen-bond donors (Lipinski definition) is 0. The number of sulfone groups is 1. The number of nitrogens with zero attached hydrogens (tertiary/aromatic N) is 3. The number of para-hydroxylation sites is 1. The quantitative estimate of drug-likeness (QED) is 0.356. The summed E-state index contributed by atoms with van der Waals surface area (Å²) in [7, 11) is -6.47. The van der Waals surface area contributed by atoms with Crippen LogP contribution < -0.4 is 4.90 Å². The Kier molecular flexibility index (Phi) is 12.4. The van der Waals surface area contributed by atoms with Crippen molar-refractivity contribution in [3.8, 4) is 0 Å². The average molecular weight is 640 g/mol. The van der Waals surface area contributed by atoms with Gasteiger partial charge in [0.2, 0.25) is 15.9 Å². The fraction of sp³-hybridized carbons (Fsp3) is 0.581. The molecule has 0 unspecified atom stereocenters. The van der Waals surface area contributed by atoms with Crippen LogP contribution in [0.4, 0.5) is 5.69 Å². The third kappa shape index (κ3) is 9.02. The summed E-state index contributed by atoms with van der Waals surface area (Å²) >= 11 is 0. The number of anilines is 1. The van der Waals surface area contributed by atoms with E-state index in [0.29, 0.717) is 43.3 Å². The van der Waals surface area contributed by atoms with Crippen LogP contribution in [-0.4, -0.2) is 82.7 Å². The van der Waals surface area contributed by atoms with E-state index in [2.05, 4.69) is 4.90 Å². The number of amides is 1. The minimum Gasteiger partial charge on any atom is -0.312 e. The second-order valence-electron chi connectivity index (χ2n) is 11.8. The van der Waals surface area contributed by atoms with Crippen molar-refractivity contribution in [3.63, 3.8) is 0 Å². The third-order valence-corrected chi connectivity index (χ3v) is 12.0. The molecule has 0 radical (unpaired) electrons. The van der Waals surface area contributed by atoms with Gasteiger partial charge in [-0.15, -0.1) is 12.4 Å². The first kappa shape index (κ1) is 34.5. The normalized spacial score (nSPS) is 18.1. The largest absolute Gasteiger partial charge is 0.312 e. The topological polar surface area (TPSA) is 95.1 Å². The molecular weight excluding hydrogens is 594 g/mol. The summed E-state index contributed by atoms with van der Waals surface area (Å²) < 4.78 is 50.0. The first-order valence-electron chi connectivity index (χ1n) is 14.8.